The van der Waals surface area contributed by atoms with Gasteiger partial charge in [-0.2, -0.15) is 0 Å². The lowest BCUT2D eigenvalue weighted by atomic mass is 9.80. The van der Waals surface area contributed by atoms with E-state index >= 15 is 0 Å². The van der Waals surface area contributed by atoms with Gasteiger partial charge in [-0.05, 0) is 54.5 Å². The van der Waals surface area contributed by atoms with Gasteiger partial charge in [-0.3, -0.25) is 0 Å². The number of benzene rings is 2. The van der Waals surface area contributed by atoms with Gasteiger partial charge in [-0.1, -0.05) is 54.9 Å². The van der Waals surface area contributed by atoms with Gasteiger partial charge >= 0.3 is 0 Å². The Morgan fingerprint density at radius 3 is 2.57 bits per heavy atom. The molecule has 2 aromatic rings. The van der Waals surface area contributed by atoms with Gasteiger partial charge < -0.3 is 5.32 Å². The summed E-state index contributed by atoms with van der Waals surface area (Å²) in [6, 6.07) is 17.7. The molecular formula is C19H22ClN. The van der Waals surface area contributed by atoms with E-state index in [2.05, 4.69) is 55.6 Å². The predicted octanol–water partition coefficient (Wildman–Crippen LogP) is 5.63. The molecule has 3 unspecified atom stereocenters. The highest BCUT2D eigenvalue weighted by molar-refractivity contribution is 6.30. The normalized spacial score (nSPS) is 22.6. The number of hydrogen-bond donors (Lipinski definition) is 1. The Hall–Kier alpha value is -1.31. The Kier molecular flexibility index (Phi) is 4.32. The fraction of sp³-hybridized carbons (Fsp3) is 0.368. The van der Waals surface area contributed by atoms with Crippen LogP contribution in [0.25, 0.3) is 0 Å². The van der Waals surface area contributed by atoms with Crippen molar-refractivity contribution >= 4 is 11.6 Å². The minimum Gasteiger partial charge on any atom is -0.303 e. The van der Waals surface area contributed by atoms with Gasteiger partial charge in [0.15, 0.2) is 0 Å². The smallest absolute Gasteiger partial charge is 0.0409 e. The second-order valence-corrected chi connectivity index (χ2v) is 6.54. The van der Waals surface area contributed by atoms with Gasteiger partial charge in [0.05, 0.1) is 0 Å². The van der Waals surface area contributed by atoms with Crippen molar-refractivity contribution in [2.75, 3.05) is 0 Å². The lowest BCUT2D eigenvalue weighted by Crippen LogP contribution is -2.28. The molecule has 1 nitrogen and oxygen atoms in total. The second kappa shape index (κ2) is 6.21. The molecule has 110 valence electrons. The zero-order valence-corrected chi connectivity index (χ0v) is 13.4. The van der Waals surface area contributed by atoms with Crippen LogP contribution >= 0.6 is 11.6 Å². The minimum atomic E-state index is 0.301. The molecule has 0 bridgehead atoms. The van der Waals surface area contributed by atoms with E-state index in [4.69, 9.17) is 11.6 Å². The van der Waals surface area contributed by atoms with Crippen molar-refractivity contribution in [1.29, 1.82) is 0 Å². The highest BCUT2D eigenvalue weighted by Gasteiger charge is 2.25. The van der Waals surface area contributed by atoms with E-state index < -0.39 is 0 Å². The largest absolute Gasteiger partial charge is 0.303 e. The van der Waals surface area contributed by atoms with Crippen molar-refractivity contribution in [1.82, 2.24) is 5.32 Å². The lowest BCUT2D eigenvalue weighted by Gasteiger charge is -2.32. The highest BCUT2D eigenvalue weighted by Crippen LogP contribution is 2.38. The summed E-state index contributed by atoms with van der Waals surface area (Å²) >= 11 is 6.10. The SMILES string of the molecule is CC1CCC(NC(C)c2cccc(Cl)c2)c2ccccc21. The first-order valence-corrected chi connectivity index (χ1v) is 8.13. The molecule has 1 N–H and O–H groups in total. The number of rotatable bonds is 3. The van der Waals surface area contributed by atoms with Crippen LogP contribution in [0.3, 0.4) is 0 Å². The number of nitrogens with one attached hydrogen (secondary N) is 1. The molecule has 3 atom stereocenters. The van der Waals surface area contributed by atoms with Crippen molar-refractivity contribution in [2.45, 2.75) is 44.7 Å². The molecule has 0 amide bonds. The molecule has 0 radical (unpaired) electrons. The summed E-state index contributed by atoms with van der Waals surface area (Å²) in [4.78, 5) is 0. The summed E-state index contributed by atoms with van der Waals surface area (Å²) in [5.74, 6) is 0.667. The topological polar surface area (TPSA) is 12.0 Å². The second-order valence-electron chi connectivity index (χ2n) is 6.10. The molecule has 0 saturated carbocycles. The van der Waals surface area contributed by atoms with Crippen molar-refractivity contribution < 1.29 is 0 Å². The van der Waals surface area contributed by atoms with Crippen LogP contribution in [0.4, 0.5) is 0 Å². The van der Waals surface area contributed by atoms with E-state index in [9.17, 15) is 0 Å². The fourth-order valence-electron chi connectivity index (χ4n) is 3.35. The quantitative estimate of drug-likeness (QED) is 0.774. The highest BCUT2D eigenvalue weighted by atomic mass is 35.5. The maximum atomic E-state index is 6.10. The molecule has 3 rings (SSSR count). The van der Waals surface area contributed by atoms with Gasteiger partial charge in [0.2, 0.25) is 0 Å². The van der Waals surface area contributed by atoms with Crippen molar-refractivity contribution in [2.24, 2.45) is 0 Å². The van der Waals surface area contributed by atoms with Crippen LogP contribution in [0.15, 0.2) is 48.5 Å². The first kappa shape index (κ1) is 14.6. The molecule has 0 spiro atoms. The van der Waals surface area contributed by atoms with Gasteiger partial charge in [0.1, 0.15) is 0 Å². The molecule has 2 aromatic carbocycles. The van der Waals surface area contributed by atoms with Crippen LogP contribution in [0.5, 0.6) is 0 Å². The van der Waals surface area contributed by atoms with Crippen LogP contribution in [0, 0.1) is 0 Å². The molecule has 0 saturated heterocycles. The molecule has 0 aliphatic heterocycles. The first-order valence-electron chi connectivity index (χ1n) is 7.75. The van der Waals surface area contributed by atoms with Crippen molar-refractivity contribution in [3.63, 3.8) is 0 Å². The summed E-state index contributed by atoms with van der Waals surface area (Å²) in [6.45, 7) is 4.54. The fourth-order valence-corrected chi connectivity index (χ4v) is 3.55. The molecule has 21 heavy (non-hydrogen) atoms. The lowest BCUT2D eigenvalue weighted by molar-refractivity contribution is 0.396. The standard InChI is InChI=1S/C19H22ClN/c1-13-10-11-19(18-9-4-3-8-17(13)18)21-14(2)15-6-5-7-16(20)12-15/h3-9,12-14,19,21H,10-11H2,1-2H3. The van der Waals surface area contributed by atoms with Crippen LogP contribution < -0.4 is 5.32 Å². The van der Waals surface area contributed by atoms with Gasteiger partial charge in [0, 0.05) is 17.1 Å². The predicted molar refractivity (Wildman–Crippen MR) is 89.8 cm³/mol. The molecule has 1 aliphatic carbocycles. The van der Waals surface area contributed by atoms with E-state index in [1.165, 1.54) is 29.5 Å². The molecule has 0 heterocycles. The van der Waals surface area contributed by atoms with Gasteiger partial charge in [-0.15, -0.1) is 0 Å². The maximum absolute atomic E-state index is 6.10. The summed E-state index contributed by atoms with van der Waals surface area (Å²) in [5, 5.41) is 4.58. The van der Waals surface area contributed by atoms with Crippen LogP contribution in [0.2, 0.25) is 5.02 Å². The molecule has 0 aromatic heterocycles. The van der Waals surface area contributed by atoms with Crippen LogP contribution in [-0.2, 0) is 0 Å². The van der Waals surface area contributed by atoms with Crippen LogP contribution in [0.1, 0.15) is 61.4 Å². The van der Waals surface area contributed by atoms with Crippen LogP contribution in [-0.4, -0.2) is 0 Å². The first-order chi connectivity index (χ1) is 10.1. The zero-order valence-electron chi connectivity index (χ0n) is 12.6. The zero-order chi connectivity index (χ0) is 14.8. The van der Waals surface area contributed by atoms with E-state index in [0.29, 0.717) is 18.0 Å². The summed E-state index contributed by atoms with van der Waals surface area (Å²) in [6.07, 6.45) is 2.44. The number of fused-ring (bicyclic) bond motifs is 1. The Morgan fingerprint density at radius 2 is 1.81 bits per heavy atom. The average molecular weight is 300 g/mol. The monoisotopic (exact) mass is 299 g/mol. The maximum Gasteiger partial charge on any atom is 0.0409 e. The third-order valence-corrected chi connectivity index (χ3v) is 4.83. The molecule has 1 aliphatic rings. The Labute approximate surface area is 132 Å². The molecule has 0 fully saturated rings. The van der Waals surface area contributed by atoms with Crippen molar-refractivity contribution in [3.8, 4) is 0 Å². The number of hydrogen-bond acceptors (Lipinski definition) is 1. The number of halogens is 1. The van der Waals surface area contributed by atoms with E-state index in [1.54, 1.807) is 0 Å². The molecular weight excluding hydrogens is 278 g/mol. The third kappa shape index (κ3) is 3.14. The van der Waals surface area contributed by atoms with Crippen molar-refractivity contribution in [3.05, 3.63) is 70.2 Å². The Bertz CT molecular complexity index is 622. The van der Waals surface area contributed by atoms with E-state index in [-0.39, 0.29) is 0 Å². The van der Waals surface area contributed by atoms with Gasteiger partial charge in [0.25, 0.3) is 0 Å². The average Bonchev–Trinajstić information content (AvgIpc) is 2.50. The Morgan fingerprint density at radius 1 is 1.05 bits per heavy atom. The van der Waals surface area contributed by atoms with E-state index in [1.807, 2.05) is 12.1 Å². The van der Waals surface area contributed by atoms with E-state index in [0.717, 1.165) is 5.02 Å². The summed E-state index contributed by atoms with van der Waals surface area (Å²) < 4.78 is 0. The van der Waals surface area contributed by atoms with Gasteiger partial charge in [-0.25, -0.2) is 0 Å². The Balaban J connectivity index is 1.81. The summed E-state index contributed by atoms with van der Waals surface area (Å²) in [7, 11) is 0. The molecule has 2 heteroatoms. The third-order valence-electron chi connectivity index (χ3n) is 4.59. The summed E-state index contributed by atoms with van der Waals surface area (Å²) in [5.41, 5.74) is 4.21. The minimum absolute atomic E-state index is 0.301.